The largest absolute Gasteiger partial charge is 0.462 e. The van der Waals surface area contributed by atoms with E-state index in [1.807, 2.05) is 0 Å². The first-order valence-electron chi connectivity index (χ1n) is 31.6. The van der Waals surface area contributed by atoms with Gasteiger partial charge in [0.2, 0.25) is 0 Å². The van der Waals surface area contributed by atoms with Crippen molar-refractivity contribution in [2.45, 2.75) is 341 Å². The fourth-order valence-corrected chi connectivity index (χ4v) is 9.24. The van der Waals surface area contributed by atoms with Crippen molar-refractivity contribution in [2.24, 2.45) is 0 Å². The average Bonchev–Trinajstić information content (AvgIpc) is 3.38. The predicted octanol–water partition coefficient (Wildman–Crippen LogP) is 21.4. The molecule has 0 aromatic heterocycles. The molecular formula is C66H120O6. The molecule has 72 heavy (non-hydrogen) atoms. The summed E-state index contributed by atoms with van der Waals surface area (Å²) in [6.07, 6.45) is 75.6. The smallest absolute Gasteiger partial charge is 0.306 e. The van der Waals surface area contributed by atoms with Gasteiger partial charge >= 0.3 is 17.9 Å². The van der Waals surface area contributed by atoms with Crippen molar-refractivity contribution in [3.8, 4) is 0 Å². The van der Waals surface area contributed by atoms with Crippen LogP contribution in [0.2, 0.25) is 0 Å². The summed E-state index contributed by atoms with van der Waals surface area (Å²) in [6, 6.07) is 0. The summed E-state index contributed by atoms with van der Waals surface area (Å²) < 4.78 is 16.9. The molecule has 420 valence electrons. The Morgan fingerprint density at radius 2 is 0.528 bits per heavy atom. The summed E-state index contributed by atoms with van der Waals surface area (Å²) in [5.74, 6) is -0.886. The Balaban J connectivity index is 4.20. The second kappa shape index (κ2) is 60.9. The molecule has 0 radical (unpaired) electrons. The fraction of sp³-hybridized carbons (Fsp3) is 0.833. The van der Waals surface area contributed by atoms with Crippen LogP contribution in [0.5, 0.6) is 0 Å². The summed E-state index contributed by atoms with van der Waals surface area (Å²) in [5.41, 5.74) is 0. The Labute approximate surface area is 448 Å². The molecule has 0 amide bonds. The Bertz CT molecular complexity index is 1250. The van der Waals surface area contributed by atoms with Crippen molar-refractivity contribution in [3.63, 3.8) is 0 Å². The van der Waals surface area contributed by atoms with Gasteiger partial charge in [0.25, 0.3) is 0 Å². The number of carbonyl (C=O) groups excluding carboxylic acids is 3. The molecule has 0 rings (SSSR count). The zero-order valence-corrected chi connectivity index (χ0v) is 48.2. The van der Waals surface area contributed by atoms with Gasteiger partial charge in [0.15, 0.2) is 6.10 Å². The van der Waals surface area contributed by atoms with Crippen molar-refractivity contribution in [1.82, 2.24) is 0 Å². The van der Waals surface area contributed by atoms with Crippen LogP contribution in [0, 0.1) is 0 Å². The predicted molar refractivity (Wildman–Crippen MR) is 312 cm³/mol. The molecule has 1 atom stereocenters. The van der Waals surface area contributed by atoms with E-state index in [4.69, 9.17) is 14.2 Å². The zero-order valence-electron chi connectivity index (χ0n) is 48.2. The Morgan fingerprint density at radius 1 is 0.278 bits per heavy atom. The number of hydrogen-bond acceptors (Lipinski definition) is 6. The highest BCUT2D eigenvalue weighted by molar-refractivity contribution is 5.71. The van der Waals surface area contributed by atoms with Gasteiger partial charge in [-0.25, -0.2) is 0 Å². The summed E-state index contributed by atoms with van der Waals surface area (Å²) in [5, 5.41) is 0. The Hall–Kier alpha value is -2.63. The van der Waals surface area contributed by atoms with E-state index < -0.39 is 6.10 Å². The van der Waals surface area contributed by atoms with Gasteiger partial charge in [-0.3, -0.25) is 14.4 Å². The molecule has 0 aromatic carbocycles. The number of ether oxygens (including phenoxy) is 3. The molecule has 0 bridgehead atoms. The van der Waals surface area contributed by atoms with Crippen molar-refractivity contribution >= 4 is 17.9 Å². The molecule has 0 heterocycles. The number of allylic oxidation sites excluding steroid dienone is 8. The van der Waals surface area contributed by atoms with Crippen LogP contribution in [0.3, 0.4) is 0 Å². The van der Waals surface area contributed by atoms with E-state index in [0.29, 0.717) is 19.3 Å². The fourth-order valence-electron chi connectivity index (χ4n) is 9.24. The van der Waals surface area contributed by atoms with Crippen LogP contribution in [-0.2, 0) is 28.6 Å². The van der Waals surface area contributed by atoms with Gasteiger partial charge in [-0.15, -0.1) is 0 Å². The summed E-state index contributed by atoms with van der Waals surface area (Å²) in [7, 11) is 0. The van der Waals surface area contributed by atoms with Gasteiger partial charge in [-0.1, -0.05) is 268 Å². The van der Waals surface area contributed by atoms with E-state index in [0.717, 1.165) is 96.3 Å². The molecule has 0 saturated carbocycles. The summed E-state index contributed by atoms with van der Waals surface area (Å²) in [4.78, 5) is 38.2. The topological polar surface area (TPSA) is 78.9 Å². The molecule has 0 aromatic rings. The third-order valence-corrected chi connectivity index (χ3v) is 14.0. The lowest BCUT2D eigenvalue weighted by atomic mass is 10.0. The first kappa shape index (κ1) is 69.4. The van der Waals surface area contributed by atoms with Crippen LogP contribution in [-0.4, -0.2) is 37.2 Å². The van der Waals surface area contributed by atoms with Gasteiger partial charge in [0, 0.05) is 19.3 Å². The third kappa shape index (κ3) is 58.3. The lowest BCUT2D eigenvalue weighted by molar-refractivity contribution is -0.167. The average molecular weight is 1010 g/mol. The molecule has 0 aliphatic rings. The van der Waals surface area contributed by atoms with E-state index in [9.17, 15) is 14.4 Å². The number of unbranched alkanes of at least 4 members (excludes halogenated alkanes) is 39. The maximum atomic E-state index is 12.9. The normalized spacial score (nSPS) is 12.3. The minimum Gasteiger partial charge on any atom is -0.462 e. The van der Waals surface area contributed by atoms with E-state index in [-0.39, 0.29) is 31.1 Å². The highest BCUT2D eigenvalue weighted by Gasteiger charge is 2.19. The van der Waals surface area contributed by atoms with Crippen molar-refractivity contribution in [2.75, 3.05) is 13.2 Å². The maximum Gasteiger partial charge on any atom is 0.306 e. The van der Waals surface area contributed by atoms with Crippen LogP contribution in [0.15, 0.2) is 48.6 Å². The quantitative estimate of drug-likeness (QED) is 0.0261. The van der Waals surface area contributed by atoms with Gasteiger partial charge in [-0.05, 0) is 96.3 Å². The molecule has 6 nitrogen and oxygen atoms in total. The molecule has 0 aliphatic heterocycles. The number of carbonyl (C=O) groups is 3. The molecule has 0 N–H and O–H groups in total. The maximum absolute atomic E-state index is 12.9. The minimum atomic E-state index is -0.782. The van der Waals surface area contributed by atoms with Crippen molar-refractivity contribution in [1.29, 1.82) is 0 Å². The van der Waals surface area contributed by atoms with Gasteiger partial charge in [0.05, 0.1) is 0 Å². The lowest BCUT2D eigenvalue weighted by Gasteiger charge is -2.18. The second-order valence-corrected chi connectivity index (χ2v) is 21.3. The molecular weight excluding hydrogens is 889 g/mol. The third-order valence-electron chi connectivity index (χ3n) is 14.0. The van der Waals surface area contributed by atoms with Crippen LogP contribution in [0.4, 0.5) is 0 Å². The number of hydrogen-bond donors (Lipinski definition) is 0. The lowest BCUT2D eigenvalue weighted by Crippen LogP contribution is -2.30. The van der Waals surface area contributed by atoms with Crippen LogP contribution in [0.1, 0.15) is 335 Å². The Morgan fingerprint density at radius 3 is 0.833 bits per heavy atom. The highest BCUT2D eigenvalue weighted by Crippen LogP contribution is 2.17. The molecule has 0 saturated heterocycles. The summed E-state index contributed by atoms with van der Waals surface area (Å²) in [6.45, 7) is 6.59. The molecule has 0 aliphatic carbocycles. The molecule has 0 fully saturated rings. The van der Waals surface area contributed by atoms with Crippen LogP contribution < -0.4 is 0 Å². The van der Waals surface area contributed by atoms with Crippen LogP contribution >= 0.6 is 0 Å². The second-order valence-electron chi connectivity index (χ2n) is 21.3. The molecule has 0 spiro atoms. The number of esters is 3. The first-order chi connectivity index (χ1) is 35.5. The SMILES string of the molecule is CCC/C=C\C/C=C\CCCCCCCC(=O)OCC(COC(=O)CCCCCCCCCCCCCCCCC/C=C\CCCCCCCCCC)OC(=O)CCCCCCC/C=C\CCCCCCC. The standard InChI is InChI=1S/C66H120O6/c1-4-7-10-13-16-19-22-25-27-28-29-30-31-32-33-34-35-36-37-38-39-42-44-47-50-53-56-59-65(68)71-62-63(61-70-64(67)58-55-52-49-46-43-40-24-21-18-15-12-9-6-3)72-66(69)60-57-54-51-48-45-41-26-23-20-17-14-11-8-5-2/h12,15,21,23-24,26,28-29,63H,4-11,13-14,16-20,22,25,27,30-62H2,1-3H3/b15-12-,24-21-,26-23-,29-28-. The molecule has 6 heteroatoms. The van der Waals surface area contributed by atoms with E-state index in [1.165, 1.54) is 199 Å². The Kier molecular flexibility index (Phi) is 58.7. The van der Waals surface area contributed by atoms with E-state index in [2.05, 4.69) is 69.4 Å². The van der Waals surface area contributed by atoms with Gasteiger partial charge in [-0.2, -0.15) is 0 Å². The van der Waals surface area contributed by atoms with E-state index >= 15 is 0 Å². The number of rotatable bonds is 58. The van der Waals surface area contributed by atoms with Gasteiger partial charge < -0.3 is 14.2 Å². The highest BCUT2D eigenvalue weighted by atomic mass is 16.6. The van der Waals surface area contributed by atoms with Crippen LogP contribution in [0.25, 0.3) is 0 Å². The first-order valence-corrected chi connectivity index (χ1v) is 31.6. The van der Waals surface area contributed by atoms with Crippen molar-refractivity contribution < 1.29 is 28.6 Å². The monoisotopic (exact) mass is 1010 g/mol. The summed E-state index contributed by atoms with van der Waals surface area (Å²) >= 11 is 0. The van der Waals surface area contributed by atoms with Gasteiger partial charge in [0.1, 0.15) is 13.2 Å². The zero-order chi connectivity index (χ0) is 52.2. The van der Waals surface area contributed by atoms with Crippen molar-refractivity contribution in [3.05, 3.63) is 48.6 Å². The van der Waals surface area contributed by atoms with E-state index in [1.54, 1.807) is 0 Å². The minimum absolute atomic E-state index is 0.0785. The molecule has 1 unspecified atom stereocenters.